The lowest BCUT2D eigenvalue weighted by Gasteiger charge is -2.41. The van der Waals surface area contributed by atoms with E-state index in [-0.39, 0.29) is 12.0 Å². The lowest BCUT2D eigenvalue weighted by Crippen LogP contribution is -2.50. The van der Waals surface area contributed by atoms with Crippen molar-refractivity contribution in [3.8, 4) is 0 Å². The molecule has 1 aromatic rings. The number of piperidine rings is 3. The second-order valence-corrected chi connectivity index (χ2v) is 8.36. The van der Waals surface area contributed by atoms with Crippen LogP contribution in [0.5, 0.6) is 0 Å². The van der Waals surface area contributed by atoms with Crippen LogP contribution in [0.25, 0.3) is 0 Å². The van der Waals surface area contributed by atoms with Gasteiger partial charge in [0.2, 0.25) is 5.91 Å². The molecule has 0 radical (unpaired) electrons. The van der Waals surface area contributed by atoms with Crippen LogP contribution in [0.15, 0.2) is 12.3 Å². The summed E-state index contributed by atoms with van der Waals surface area (Å²) in [5.41, 5.74) is 1.11. The molecule has 1 aromatic heterocycles. The molecule has 2 N–H and O–H groups in total. The van der Waals surface area contributed by atoms with Crippen molar-refractivity contribution in [1.29, 1.82) is 0 Å². The van der Waals surface area contributed by atoms with E-state index >= 15 is 0 Å². The Morgan fingerprint density at radius 3 is 2.63 bits per heavy atom. The molecular weight excluding hydrogens is 342 g/mol. The average Bonchev–Trinajstić information content (AvgIpc) is 3.18. The second kappa shape index (κ2) is 8.71. The molecule has 4 heterocycles. The molecule has 0 bridgehead atoms. The first-order chi connectivity index (χ1) is 13.2. The van der Waals surface area contributed by atoms with Gasteiger partial charge in [-0.2, -0.15) is 5.10 Å². The summed E-state index contributed by atoms with van der Waals surface area (Å²) in [4.78, 5) is 17.2. The molecule has 3 aliphatic heterocycles. The number of aromatic nitrogens is 2. The van der Waals surface area contributed by atoms with Crippen LogP contribution in [0.2, 0.25) is 0 Å². The van der Waals surface area contributed by atoms with Gasteiger partial charge in [-0.3, -0.25) is 9.48 Å². The first-order valence-corrected chi connectivity index (χ1v) is 10.6. The Bertz CT molecular complexity index is 612. The summed E-state index contributed by atoms with van der Waals surface area (Å²) in [6, 6.07) is 2.64. The van der Waals surface area contributed by atoms with Crippen LogP contribution in [-0.2, 0) is 11.3 Å². The molecular formula is C20H33N5O2. The zero-order valence-corrected chi connectivity index (χ0v) is 16.2. The molecule has 0 unspecified atom stereocenters. The van der Waals surface area contributed by atoms with Crippen LogP contribution in [0.1, 0.15) is 50.1 Å². The number of nitrogens with one attached hydrogen (secondary N) is 1. The highest BCUT2D eigenvalue weighted by molar-refractivity contribution is 5.76. The molecule has 3 saturated heterocycles. The van der Waals surface area contributed by atoms with Crippen molar-refractivity contribution in [3.05, 3.63) is 18.0 Å². The van der Waals surface area contributed by atoms with E-state index in [2.05, 4.69) is 21.4 Å². The number of amides is 1. The van der Waals surface area contributed by atoms with Gasteiger partial charge in [-0.25, -0.2) is 0 Å². The van der Waals surface area contributed by atoms with Crippen molar-refractivity contribution < 1.29 is 9.90 Å². The largest absolute Gasteiger partial charge is 0.393 e. The monoisotopic (exact) mass is 375 g/mol. The molecule has 3 aliphatic rings. The maximum atomic E-state index is 12.7. The molecule has 27 heavy (non-hydrogen) atoms. The minimum atomic E-state index is -0.119. The lowest BCUT2D eigenvalue weighted by molar-refractivity contribution is -0.133. The molecule has 0 aliphatic carbocycles. The molecule has 4 rings (SSSR count). The van der Waals surface area contributed by atoms with Gasteiger partial charge in [0.05, 0.1) is 11.8 Å². The quantitative estimate of drug-likeness (QED) is 0.814. The van der Waals surface area contributed by atoms with E-state index in [4.69, 9.17) is 0 Å². The third-order valence-corrected chi connectivity index (χ3v) is 6.51. The molecule has 7 heteroatoms. The Labute approximate surface area is 161 Å². The number of aliphatic hydroxyl groups is 1. The number of hydrogen-bond donors (Lipinski definition) is 2. The number of carbonyl (C=O) groups excluding carboxylic acids is 1. The lowest BCUT2D eigenvalue weighted by atomic mass is 9.97. The minimum Gasteiger partial charge on any atom is -0.393 e. The fraction of sp³-hybridized carbons (Fsp3) is 0.800. The Morgan fingerprint density at radius 2 is 1.93 bits per heavy atom. The minimum absolute atomic E-state index is 0.119. The van der Waals surface area contributed by atoms with Gasteiger partial charge in [0.15, 0.2) is 0 Å². The number of likely N-dealkylation sites (tertiary alicyclic amines) is 2. The fourth-order valence-corrected chi connectivity index (χ4v) is 4.76. The predicted molar refractivity (Wildman–Crippen MR) is 103 cm³/mol. The molecule has 0 saturated carbocycles. The molecule has 150 valence electrons. The molecule has 0 aromatic carbocycles. The van der Waals surface area contributed by atoms with Crippen LogP contribution in [0, 0.1) is 0 Å². The van der Waals surface area contributed by atoms with E-state index in [1.54, 1.807) is 0 Å². The molecule has 1 atom stereocenters. The van der Waals surface area contributed by atoms with E-state index < -0.39 is 0 Å². The third-order valence-electron chi connectivity index (χ3n) is 6.51. The number of aliphatic hydroxyl groups excluding tert-OH is 1. The van der Waals surface area contributed by atoms with Crippen molar-refractivity contribution in [2.45, 2.75) is 63.1 Å². The Morgan fingerprint density at radius 1 is 1.15 bits per heavy atom. The number of carbonyl (C=O) groups is 1. The van der Waals surface area contributed by atoms with E-state index in [1.165, 1.54) is 12.8 Å². The predicted octanol–water partition coefficient (Wildman–Crippen LogP) is 0.798. The van der Waals surface area contributed by atoms with E-state index in [1.807, 2.05) is 15.8 Å². The van der Waals surface area contributed by atoms with Crippen LogP contribution in [-0.4, -0.2) is 82.0 Å². The van der Waals surface area contributed by atoms with E-state index in [0.717, 1.165) is 70.6 Å². The van der Waals surface area contributed by atoms with Crippen molar-refractivity contribution in [3.63, 3.8) is 0 Å². The fourth-order valence-electron chi connectivity index (χ4n) is 4.76. The maximum absolute atomic E-state index is 12.7. The summed E-state index contributed by atoms with van der Waals surface area (Å²) in [5.74, 6) is 0.660. The Hall–Kier alpha value is -1.44. The van der Waals surface area contributed by atoms with Crippen LogP contribution >= 0.6 is 0 Å². The van der Waals surface area contributed by atoms with Crippen molar-refractivity contribution in [2.24, 2.45) is 0 Å². The summed E-state index contributed by atoms with van der Waals surface area (Å²) in [7, 11) is 0. The van der Waals surface area contributed by atoms with E-state index in [9.17, 15) is 9.90 Å². The SMILES string of the molecule is O=C(Cn1ccc([C@@H]2CCCNC2)n1)N1CCC(N2CCC(O)CC2)CC1. The van der Waals surface area contributed by atoms with Gasteiger partial charge < -0.3 is 20.2 Å². The molecule has 7 nitrogen and oxygen atoms in total. The molecule has 1 amide bonds. The van der Waals surface area contributed by atoms with Crippen LogP contribution in [0.3, 0.4) is 0 Å². The van der Waals surface area contributed by atoms with Crippen molar-refractivity contribution >= 4 is 5.91 Å². The zero-order valence-electron chi connectivity index (χ0n) is 16.2. The first kappa shape index (κ1) is 18.9. The standard InChI is InChI=1S/C20H33N5O2/c26-18-5-11-23(12-6-18)17-3-9-24(10-4-17)20(27)15-25-13-7-19(22-25)16-2-1-8-21-14-16/h7,13,16-18,21,26H,1-6,8-12,14-15H2/t16-/m1/s1. The van der Waals surface area contributed by atoms with Crippen molar-refractivity contribution in [2.75, 3.05) is 39.3 Å². The third kappa shape index (κ3) is 4.70. The van der Waals surface area contributed by atoms with Gasteiger partial charge in [-0.15, -0.1) is 0 Å². The van der Waals surface area contributed by atoms with E-state index in [0.29, 0.717) is 18.5 Å². The second-order valence-electron chi connectivity index (χ2n) is 8.36. The number of nitrogens with zero attached hydrogens (tertiary/aromatic N) is 4. The average molecular weight is 376 g/mol. The zero-order chi connectivity index (χ0) is 18.6. The maximum Gasteiger partial charge on any atom is 0.244 e. The van der Waals surface area contributed by atoms with Crippen LogP contribution < -0.4 is 5.32 Å². The first-order valence-electron chi connectivity index (χ1n) is 10.6. The smallest absolute Gasteiger partial charge is 0.244 e. The van der Waals surface area contributed by atoms with Gasteiger partial charge in [0, 0.05) is 50.9 Å². The van der Waals surface area contributed by atoms with Gasteiger partial charge in [0.1, 0.15) is 6.54 Å². The topological polar surface area (TPSA) is 73.6 Å². The number of rotatable bonds is 4. The highest BCUT2D eigenvalue weighted by atomic mass is 16.3. The van der Waals surface area contributed by atoms with Gasteiger partial charge in [-0.05, 0) is 51.1 Å². The van der Waals surface area contributed by atoms with Crippen LogP contribution in [0.4, 0.5) is 0 Å². The van der Waals surface area contributed by atoms with Gasteiger partial charge in [0.25, 0.3) is 0 Å². The highest BCUT2D eigenvalue weighted by Crippen LogP contribution is 2.23. The summed E-state index contributed by atoms with van der Waals surface area (Å²) in [6.45, 7) is 6.10. The number of hydrogen-bond acceptors (Lipinski definition) is 5. The summed E-state index contributed by atoms with van der Waals surface area (Å²) < 4.78 is 1.81. The summed E-state index contributed by atoms with van der Waals surface area (Å²) >= 11 is 0. The summed E-state index contributed by atoms with van der Waals surface area (Å²) in [5, 5.41) is 17.8. The Kier molecular flexibility index (Phi) is 6.10. The normalized spacial score (nSPS) is 26.4. The van der Waals surface area contributed by atoms with Gasteiger partial charge in [-0.1, -0.05) is 0 Å². The van der Waals surface area contributed by atoms with Crippen molar-refractivity contribution in [1.82, 2.24) is 24.9 Å². The van der Waals surface area contributed by atoms with Gasteiger partial charge >= 0.3 is 0 Å². The molecule has 0 spiro atoms. The summed E-state index contributed by atoms with van der Waals surface area (Å²) in [6.07, 6.45) is 8.06. The molecule has 3 fully saturated rings. The highest BCUT2D eigenvalue weighted by Gasteiger charge is 2.29. The Balaban J connectivity index is 1.24.